The maximum Gasteiger partial charge on any atom is 0.248 e. The lowest BCUT2D eigenvalue weighted by Crippen LogP contribution is -2.30. The molecule has 0 saturated heterocycles. The smallest absolute Gasteiger partial charge is 0.248 e. The number of hydrogen-bond acceptors (Lipinski definition) is 5. The molecule has 0 atom stereocenters. The maximum absolute atomic E-state index is 12.8. The van der Waals surface area contributed by atoms with Gasteiger partial charge in [-0.25, -0.2) is 8.42 Å². The third-order valence-electron chi connectivity index (χ3n) is 3.86. The summed E-state index contributed by atoms with van der Waals surface area (Å²) in [5.74, 6) is 0.502. The lowest BCUT2D eigenvalue weighted by Gasteiger charge is -2.20. The first-order chi connectivity index (χ1) is 13.3. The van der Waals surface area contributed by atoms with Crippen LogP contribution in [0.1, 0.15) is 33.5 Å². The van der Waals surface area contributed by atoms with Crippen LogP contribution >= 0.6 is 0 Å². The van der Waals surface area contributed by atoms with Crippen LogP contribution in [0, 0.1) is 0 Å². The van der Waals surface area contributed by atoms with Gasteiger partial charge in [0.25, 0.3) is 0 Å². The fraction of sp³-hybridized carbons (Fsp3) is 0.350. The predicted molar refractivity (Wildman–Crippen MR) is 109 cm³/mol. The summed E-state index contributed by atoms with van der Waals surface area (Å²) in [5, 5.41) is 2.69. The largest absolute Gasteiger partial charge is 0.489 e. The van der Waals surface area contributed by atoms with Gasteiger partial charge in [-0.1, -0.05) is 13.8 Å². The highest BCUT2D eigenvalue weighted by Crippen LogP contribution is 2.30. The van der Waals surface area contributed by atoms with Crippen LogP contribution in [0.4, 0.5) is 5.69 Å². The van der Waals surface area contributed by atoms with Gasteiger partial charge >= 0.3 is 0 Å². The number of carbonyl (C=O) groups excluding carboxylic acids is 1. The summed E-state index contributed by atoms with van der Waals surface area (Å²) in [6.07, 6.45) is 4.20. The monoisotopic (exact) mass is 406 g/mol. The van der Waals surface area contributed by atoms with Crippen LogP contribution in [0.25, 0.3) is 6.08 Å². The average molecular weight is 407 g/mol. The Bertz CT molecular complexity index is 914. The minimum atomic E-state index is -3.66. The number of amides is 1. The maximum atomic E-state index is 12.8. The molecule has 0 aliphatic rings. The molecule has 0 bridgehead atoms. The van der Waals surface area contributed by atoms with Gasteiger partial charge in [-0.3, -0.25) is 4.79 Å². The molecule has 152 valence electrons. The molecule has 0 unspecified atom stereocenters. The Kier molecular flexibility index (Phi) is 7.42. The molecule has 7 nitrogen and oxygen atoms in total. The van der Waals surface area contributed by atoms with Gasteiger partial charge in [0.05, 0.1) is 22.9 Å². The Hall–Kier alpha value is -2.58. The third kappa shape index (κ3) is 5.46. The van der Waals surface area contributed by atoms with Crippen molar-refractivity contribution < 1.29 is 22.4 Å². The van der Waals surface area contributed by atoms with Crippen LogP contribution in [-0.4, -0.2) is 37.8 Å². The molecular weight excluding hydrogens is 380 g/mol. The molecule has 0 aliphatic heterocycles. The second-order valence-corrected chi connectivity index (χ2v) is 8.19. The van der Waals surface area contributed by atoms with Crippen molar-refractivity contribution in [3.8, 4) is 5.75 Å². The SMILES string of the molecule is CCN(CC)S(=O)(=O)c1ccc(OC(C)C)c(NC(=O)/C=C/c2ccco2)c1. The number of furan rings is 1. The van der Waals surface area contributed by atoms with Crippen LogP contribution in [0.5, 0.6) is 5.75 Å². The molecule has 1 heterocycles. The number of ether oxygens (including phenoxy) is 1. The number of sulfonamides is 1. The summed E-state index contributed by atoms with van der Waals surface area (Å²) in [4.78, 5) is 12.4. The summed E-state index contributed by atoms with van der Waals surface area (Å²) in [5.41, 5.74) is 0.288. The van der Waals surface area contributed by atoms with Gasteiger partial charge in [0.1, 0.15) is 11.5 Å². The molecule has 0 spiro atoms. The summed E-state index contributed by atoms with van der Waals surface area (Å²) in [7, 11) is -3.66. The first kappa shape index (κ1) is 21.7. The molecule has 1 aromatic heterocycles. The van der Waals surface area contributed by atoms with Crippen LogP contribution in [0.3, 0.4) is 0 Å². The van der Waals surface area contributed by atoms with Crippen molar-refractivity contribution in [2.24, 2.45) is 0 Å². The molecule has 0 radical (unpaired) electrons. The van der Waals surface area contributed by atoms with E-state index in [4.69, 9.17) is 9.15 Å². The Labute approximate surface area is 166 Å². The number of nitrogens with zero attached hydrogens (tertiary/aromatic N) is 1. The molecule has 8 heteroatoms. The van der Waals surface area contributed by atoms with E-state index in [9.17, 15) is 13.2 Å². The summed E-state index contributed by atoms with van der Waals surface area (Å²) in [6, 6.07) is 7.90. The normalized spacial score (nSPS) is 12.1. The fourth-order valence-corrected chi connectivity index (χ4v) is 4.04. The summed E-state index contributed by atoms with van der Waals surface area (Å²) in [6.45, 7) is 7.97. The van der Waals surface area contributed by atoms with Crippen molar-refractivity contribution in [1.29, 1.82) is 0 Å². The molecule has 0 aliphatic carbocycles. The highest BCUT2D eigenvalue weighted by atomic mass is 32.2. The molecule has 0 saturated carbocycles. The molecule has 2 rings (SSSR count). The van der Waals surface area contributed by atoms with Gasteiger partial charge in [-0.2, -0.15) is 4.31 Å². The predicted octanol–water partition coefficient (Wildman–Crippen LogP) is 3.75. The summed E-state index contributed by atoms with van der Waals surface area (Å²) < 4.78 is 37.8. The van der Waals surface area contributed by atoms with Gasteiger partial charge in [0, 0.05) is 19.2 Å². The van der Waals surface area contributed by atoms with Gasteiger partial charge in [-0.05, 0) is 50.3 Å². The zero-order valence-corrected chi connectivity index (χ0v) is 17.3. The number of anilines is 1. The average Bonchev–Trinajstić information content (AvgIpc) is 3.15. The number of nitrogens with one attached hydrogen (secondary N) is 1. The van der Waals surface area contributed by atoms with Crippen molar-refractivity contribution in [2.45, 2.75) is 38.7 Å². The van der Waals surface area contributed by atoms with E-state index < -0.39 is 15.9 Å². The number of rotatable bonds is 9. The van der Waals surface area contributed by atoms with E-state index in [-0.39, 0.29) is 16.7 Å². The molecule has 28 heavy (non-hydrogen) atoms. The molecule has 0 fully saturated rings. The van der Waals surface area contributed by atoms with E-state index in [1.807, 2.05) is 13.8 Å². The minimum absolute atomic E-state index is 0.0950. The van der Waals surface area contributed by atoms with Gasteiger partial charge in [0.15, 0.2) is 0 Å². The third-order valence-corrected chi connectivity index (χ3v) is 5.90. The van der Waals surface area contributed by atoms with Crippen molar-refractivity contribution >= 4 is 27.7 Å². The van der Waals surface area contributed by atoms with E-state index in [0.29, 0.717) is 24.6 Å². The van der Waals surface area contributed by atoms with Crippen LogP contribution in [0.2, 0.25) is 0 Å². The van der Waals surface area contributed by atoms with Crippen molar-refractivity contribution in [3.05, 3.63) is 48.4 Å². The molecule has 2 aromatic rings. The van der Waals surface area contributed by atoms with E-state index in [2.05, 4.69) is 5.32 Å². The lowest BCUT2D eigenvalue weighted by molar-refractivity contribution is -0.111. The highest BCUT2D eigenvalue weighted by Gasteiger charge is 2.23. The first-order valence-corrected chi connectivity index (χ1v) is 10.5. The van der Waals surface area contributed by atoms with Crippen molar-refractivity contribution in [2.75, 3.05) is 18.4 Å². The number of carbonyl (C=O) groups is 1. The highest BCUT2D eigenvalue weighted by molar-refractivity contribution is 7.89. The molecular formula is C20H26N2O5S. The molecule has 1 aromatic carbocycles. The number of benzene rings is 1. The first-order valence-electron chi connectivity index (χ1n) is 9.11. The van der Waals surface area contributed by atoms with Gasteiger partial charge < -0.3 is 14.5 Å². The number of hydrogen-bond donors (Lipinski definition) is 1. The second-order valence-electron chi connectivity index (χ2n) is 6.25. The Morgan fingerprint density at radius 2 is 1.96 bits per heavy atom. The Morgan fingerprint density at radius 1 is 1.25 bits per heavy atom. The van der Waals surface area contributed by atoms with Gasteiger partial charge in [-0.15, -0.1) is 0 Å². The van der Waals surface area contributed by atoms with E-state index in [1.165, 1.54) is 34.9 Å². The van der Waals surface area contributed by atoms with Crippen LogP contribution in [0.15, 0.2) is 52.0 Å². The van der Waals surface area contributed by atoms with Crippen LogP contribution < -0.4 is 10.1 Å². The zero-order valence-electron chi connectivity index (χ0n) is 16.5. The minimum Gasteiger partial charge on any atom is -0.489 e. The van der Waals surface area contributed by atoms with Crippen molar-refractivity contribution in [3.63, 3.8) is 0 Å². The zero-order chi connectivity index (χ0) is 20.7. The van der Waals surface area contributed by atoms with E-state index in [1.54, 1.807) is 32.0 Å². The Balaban J connectivity index is 2.34. The lowest BCUT2D eigenvalue weighted by atomic mass is 10.2. The van der Waals surface area contributed by atoms with Crippen LogP contribution in [-0.2, 0) is 14.8 Å². The van der Waals surface area contributed by atoms with Crippen molar-refractivity contribution in [1.82, 2.24) is 4.31 Å². The topological polar surface area (TPSA) is 88.9 Å². The molecule has 1 amide bonds. The second kappa shape index (κ2) is 9.57. The fourth-order valence-electron chi connectivity index (χ4n) is 2.55. The Morgan fingerprint density at radius 3 is 2.54 bits per heavy atom. The van der Waals surface area contributed by atoms with E-state index >= 15 is 0 Å². The quantitative estimate of drug-likeness (QED) is 0.641. The summed E-state index contributed by atoms with van der Waals surface area (Å²) >= 11 is 0. The standard InChI is InChI=1S/C20H26N2O5S/c1-5-22(6-2)28(24,25)17-10-11-19(27-15(3)4)18(14-17)21-20(23)12-9-16-8-7-13-26-16/h7-15H,5-6H2,1-4H3,(H,21,23)/b12-9+. The van der Waals surface area contributed by atoms with E-state index in [0.717, 1.165) is 0 Å². The van der Waals surface area contributed by atoms with Gasteiger partial charge in [0.2, 0.25) is 15.9 Å². The molecule has 1 N–H and O–H groups in total.